The highest BCUT2D eigenvalue weighted by Gasteiger charge is 2.46. The van der Waals surface area contributed by atoms with Crippen molar-refractivity contribution in [3.05, 3.63) is 61.7 Å². The third kappa shape index (κ3) is 4.45. The number of hydrogen-bond acceptors (Lipinski definition) is 10. The van der Waals surface area contributed by atoms with Gasteiger partial charge in [0.15, 0.2) is 5.60 Å². The summed E-state index contributed by atoms with van der Waals surface area (Å²) in [6.45, 7) is 4.26. The number of rotatable bonds is 5. The van der Waals surface area contributed by atoms with Crippen LogP contribution in [0.25, 0.3) is 22.3 Å². The van der Waals surface area contributed by atoms with E-state index in [0.29, 0.717) is 48.5 Å². The fourth-order valence-corrected chi connectivity index (χ4v) is 9.15. The molecule has 1 aliphatic carbocycles. The van der Waals surface area contributed by atoms with Crippen molar-refractivity contribution in [1.82, 2.24) is 14.9 Å². The number of esters is 1. The third-order valence-corrected chi connectivity index (χ3v) is 11.7. The van der Waals surface area contributed by atoms with Crippen molar-refractivity contribution in [1.29, 1.82) is 0 Å². The SMILES string of the molecule is CC[C@@]1(O)C(=O)OCc2c1cc1n(c2=O)Cc2c-1nc1cc(F)c(C)c3c1c2[C@@H](NC(=O)O[C@H]1COCC[C@@H]1SSC)CC3. The summed E-state index contributed by atoms with van der Waals surface area (Å²) in [5.41, 5.74) is 2.25. The van der Waals surface area contributed by atoms with Crippen LogP contribution in [0.2, 0.25) is 0 Å². The Labute approximate surface area is 260 Å². The number of alkyl carbamates (subject to hydrolysis) is 1. The molecular formula is C31H32FN3O7S2. The van der Waals surface area contributed by atoms with Gasteiger partial charge in [-0.3, -0.25) is 4.79 Å². The van der Waals surface area contributed by atoms with E-state index in [1.165, 1.54) is 6.07 Å². The number of aryl methyl sites for hydroxylation is 1. The predicted molar refractivity (Wildman–Crippen MR) is 164 cm³/mol. The molecule has 1 aromatic carbocycles. The van der Waals surface area contributed by atoms with Crippen molar-refractivity contribution >= 4 is 44.6 Å². The summed E-state index contributed by atoms with van der Waals surface area (Å²) in [6.07, 6.45) is 2.87. The molecule has 2 aromatic heterocycles. The number of benzene rings is 1. The Morgan fingerprint density at radius 3 is 2.86 bits per heavy atom. The van der Waals surface area contributed by atoms with E-state index in [0.717, 1.165) is 28.5 Å². The molecule has 10 nitrogen and oxygen atoms in total. The molecule has 5 heterocycles. The van der Waals surface area contributed by atoms with Gasteiger partial charge in [-0.05, 0) is 61.6 Å². The topological polar surface area (TPSA) is 129 Å². The summed E-state index contributed by atoms with van der Waals surface area (Å²) >= 11 is 0. The van der Waals surface area contributed by atoms with Gasteiger partial charge >= 0.3 is 12.1 Å². The Morgan fingerprint density at radius 1 is 1.27 bits per heavy atom. The van der Waals surface area contributed by atoms with Crippen molar-refractivity contribution in [3.63, 3.8) is 0 Å². The number of carbonyl (C=O) groups is 2. The number of aromatic nitrogens is 2. The summed E-state index contributed by atoms with van der Waals surface area (Å²) in [5, 5.41) is 15.2. The number of carbonyl (C=O) groups excluding carboxylic acids is 2. The van der Waals surface area contributed by atoms with Crippen LogP contribution < -0.4 is 10.9 Å². The predicted octanol–water partition coefficient (Wildman–Crippen LogP) is 4.41. The van der Waals surface area contributed by atoms with Crippen molar-refractivity contribution < 1.29 is 33.3 Å². The van der Waals surface area contributed by atoms with E-state index in [9.17, 15) is 19.5 Å². The molecule has 1 fully saturated rings. The van der Waals surface area contributed by atoms with E-state index >= 15 is 4.39 Å². The van der Waals surface area contributed by atoms with Gasteiger partial charge in [-0.25, -0.2) is 19.0 Å². The fourth-order valence-electron chi connectivity index (χ4n) is 7.05. The first-order valence-corrected chi connectivity index (χ1v) is 17.3. The van der Waals surface area contributed by atoms with Gasteiger partial charge in [0.25, 0.3) is 5.56 Å². The van der Waals surface area contributed by atoms with E-state index in [4.69, 9.17) is 19.2 Å². The largest absolute Gasteiger partial charge is 0.458 e. The molecule has 4 atom stereocenters. The number of halogens is 1. The van der Waals surface area contributed by atoms with Crippen molar-refractivity contribution in [2.75, 3.05) is 19.5 Å². The lowest BCUT2D eigenvalue weighted by molar-refractivity contribution is -0.172. The van der Waals surface area contributed by atoms with Crippen LogP contribution in [-0.2, 0) is 44.2 Å². The summed E-state index contributed by atoms with van der Waals surface area (Å²) < 4.78 is 33.4. The first kappa shape index (κ1) is 29.6. The Hall–Kier alpha value is -3.13. The number of nitrogens with zero attached hydrogens (tertiary/aromatic N) is 2. The molecule has 232 valence electrons. The standard InChI is InChI=1S/C31H32FN3O7S2/c1-4-31(39)18-9-22-27-16(11-35(22)28(36)17(18)12-41-29(31)37)26-20(6-5-15-14(2)19(32)10-21(33-27)25(15)26)34-30(38)42-23-13-40-8-7-24(23)44-43-3/h9-10,20,23-24,39H,4-8,11-13H2,1-3H3,(H,34,38)/t20-,23-,24-,31-/m0/s1. The molecule has 0 spiro atoms. The van der Waals surface area contributed by atoms with Crippen LogP contribution in [0.15, 0.2) is 16.9 Å². The van der Waals surface area contributed by atoms with Crippen LogP contribution in [0.3, 0.4) is 0 Å². The van der Waals surface area contributed by atoms with E-state index in [1.54, 1.807) is 46.1 Å². The highest BCUT2D eigenvalue weighted by molar-refractivity contribution is 8.76. The second-order valence-corrected chi connectivity index (χ2v) is 14.4. The van der Waals surface area contributed by atoms with Gasteiger partial charge in [0.2, 0.25) is 0 Å². The van der Waals surface area contributed by atoms with Gasteiger partial charge in [0, 0.05) is 29.2 Å². The molecule has 1 saturated heterocycles. The molecule has 3 aromatic rings. The van der Waals surface area contributed by atoms with Gasteiger partial charge in [0.1, 0.15) is 18.5 Å². The molecule has 1 amide bonds. The first-order chi connectivity index (χ1) is 21.2. The molecule has 0 bridgehead atoms. The maximum absolute atomic E-state index is 15.2. The number of cyclic esters (lactones) is 1. The second-order valence-electron chi connectivity index (χ2n) is 11.7. The molecule has 4 aliphatic rings. The Balaban J connectivity index is 1.34. The van der Waals surface area contributed by atoms with Crippen LogP contribution in [-0.4, -0.2) is 57.5 Å². The molecule has 0 saturated carbocycles. The Bertz CT molecular complexity index is 1790. The second kappa shape index (κ2) is 11.0. The zero-order chi connectivity index (χ0) is 30.9. The van der Waals surface area contributed by atoms with Crippen LogP contribution >= 0.6 is 21.6 Å². The molecule has 2 N–H and O–H groups in total. The lowest BCUT2D eigenvalue weighted by Crippen LogP contribution is -2.44. The highest BCUT2D eigenvalue weighted by atomic mass is 33.1. The van der Waals surface area contributed by atoms with Gasteiger partial charge < -0.3 is 29.2 Å². The quantitative estimate of drug-likeness (QED) is 0.239. The van der Waals surface area contributed by atoms with Gasteiger partial charge in [0.05, 0.1) is 46.9 Å². The average Bonchev–Trinajstić information content (AvgIpc) is 3.38. The van der Waals surface area contributed by atoms with Crippen molar-refractivity contribution in [3.8, 4) is 11.4 Å². The molecule has 3 aliphatic heterocycles. The van der Waals surface area contributed by atoms with Crippen LogP contribution in [0, 0.1) is 12.7 Å². The number of nitrogens with one attached hydrogen (secondary N) is 1. The minimum Gasteiger partial charge on any atom is -0.458 e. The number of fused-ring (bicyclic) bond motifs is 5. The number of hydrogen-bond donors (Lipinski definition) is 2. The van der Waals surface area contributed by atoms with Crippen molar-refractivity contribution in [2.45, 2.75) is 75.7 Å². The zero-order valence-corrected chi connectivity index (χ0v) is 26.2. The fraction of sp³-hybridized carbons (Fsp3) is 0.484. The molecular weight excluding hydrogens is 609 g/mol. The van der Waals surface area contributed by atoms with Gasteiger partial charge in [-0.2, -0.15) is 0 Å². The lowest BCUT2D eigenvalue weighted by atomic mass is 9.81. The van der Waals surface area contributed by atoms with Crippen LogP contribution in [0.1, 0.15) is 65.6 Å². The number of amides is 1. The zero-order valence-electron chi connectivity index (χ0n) is 24.5. The normalized spacial score (nSPS) is 25.2. The first-order valence-electron chi connectivity index (χ1n) is 14.7. The molecule has 7 rings (SSSR count). The Kier molecular flexibility index (Phi) is 7.42. The summed E-state index contributed by atoms with van der Waals surface area (Å²) in [5.74, 6) is -1.18. The van der Waals surface area contributed by atoms with E-state index in [-0.39, 0.29) is 47.3 Å². The van der Waals surface area contributed by atoms with E-state index in [2.05, 4.69) is 5.32 Å². The summed E-state index contributed by atoms with van der Waals surface area (Å²) in [7, 11) is 3.29. The smallest absolute Gasteiger partial charge is 0.408 e. The minimum atomic E-state index is -1.96. The summed E-state index contributed by atoms with van der Waals surface area (Å²) in [4.78, 5) is 44.6. The third-order valence-electron chi connectivity index (χ3n) is 9.39. The lowest BCUT2D eigenvalue weighted by Gasteiger charge is -2.32. The maximum atomic E-state index is 15.2. The van der Waals surface area contributed by atoms with Crippen molar-refractivity contribution in [2.24, 2.45) is 0 Å². The number of ether oxygens (including phenoxy) is 3. The summed E-state index contributed by atoms with van der Waals surface area (Å²) in [6, 6.07) is 2.55. The monoisotopic (exact) mass is 641 g/mol. The average molecular weight is 642 g/mol. The number of pyridine rings is 2. The van der Waals surface area contributed by atoms with E-state index < -0.39 is 29.8 Å². The molecule has 13 heteroatoms. The highest BCUT2D eigenvalue weighted by Crippen LogP contribution is 2.46. The minimum absolute atomic E-state index is 0.0231. The van der Waals surface area contributed by atoms with Gasteiger partial charge in [-0.1, -0.05) is 28.5 Å². The van der Waals surface area contributed by atoms with Crippen LogP contribution in [0.4, 0.5) is 9.18 Å². The maximum Gasteiger partial charge on any atom is 0.408 e. The Morgan fingerprint density at radius 2 is 2.09 bits per heavy atom. The van der Waals surface area contributed by atoms with Crippen LogP contribution in [0.5, 0.6) is 0 Å². The molecule has 0 unspecified atom stereocenters. The molecule has 44 heavy (non-hydrogen) atoms. The van der Waals surface area contributed by atoms with Gasteiger partial charge in [-0.15, -0.1) is 0 Å². The number of aliphatic hydroxyl groups is 1. The molecule has 0 radical (unpaired) electrons. The van der Waals surface area contributed by atoms with E-state index in [1.807, 2.05) is 6.26 Å².